The van der Waals surface area contributed by atoms with Crippen molar-refractivity contribution in [3.05, 3.63) is 90.4 Å². The summed E-state index contributed by atoms with van der Waals surface area (Å²) in [6.45, 7) is 0. The maximum atomic E-state index is 4.76. The van der Waals surface area contributed by atoms with E-state index in [1.165, 1.54) is 48.0 Å². The first-order valence-electron chi connectivity index (χ1n) is 10.5. The molecule has 0 saturated carbocycles. The number of aromatic nitrogens is 3. The fraction of sp³-hybridized carbons (Fsp3) is 0.192. The average molecular weight is 377 g/mol. The van der Waals surface area contributed by atoms with Crippen molar-refractivity contribution < 1.29 is 0 Å². The van der Waals surface area contributed by atoms with Crippen molar-refractivity contribution in [3.8, 4) is 16.9 Å². The van der Waals surface area contributed by atoms with Gasteiger partial charge in [-0.05, 0) is 61.6 Å². The third-order valence-electron chi connectivity index (χ3n) is 6.21. The minimum Gasteiger partial charge on any atom is -0.313 e. The molecule has 1 aliphatic rings. The minimum atomic E-state index is 0.980. The van der Waals surface area contributed by atoms with Crippen molar-refractivity contribution in [1.29, 1.82) is 0 Å². The second kappa shape index (κ2) is 6.63. The summed E-state index contributed by atoms with van der Waals surface area (Å²) >= 11 is 0. The number of hydrogen-bond acceptors (Lipinski definition) is 1. The molecule has 0 radical (unpaired) electrons. The van der Waals surface area contributed by atoms with Crippen LogP contribution in [0.1, 0.15) is 30.5 Å². The lowest BCUT2D eigenvalue weighted by Crippen LogP contribution is -2.01. The van der Waals surface area contributed by atoms with Crippen LogP contribution >= 0.6 is 0 Å². The molecule has 3 heterocycles. The lowest BCUT2D eigenvalue weighted by Gasteiger charge is -2.12. The van der Waals surface area contributed by atoms with Crippen LogP contribution in [-0.4, -0.2) is 14.0 Å². The number of aryl methyl sites for hydroxylation is 1. The highest BCUT2D eigenvalue weighted by molar-refractivity contribution is 5.87. The summed E-state index contributed by atoms with van der Waals surface area (Å²) in [4.78, 5) is 4.76. The molecular weight excluding hydrogens is 354 g/mol. The number of imidazole rings is 1. The minimum absolute atomic E-state index is 0.980. The van der Waals surface area contributed by atoms with Gasteiger partial charge in [-0.2, -0.15) is 0 Å². The molecule has 6 rings (SSSR count). The molecule has 142 valence electrons. The number of pyridine rings is 1. The predicted octanol–water partition coefficient (Wildman–Crippen LogP) is 6.21. The molecule has 5 aromatic rings. The van der Waals surface area contributed by atoms with Crippen molar-refractivity contribution >= 4 is 16.6 Å². The summed E-state index contributed by atoms with van der Waals surface area (Å²) < 4.78 is 4.56. The SMILES string of the molecule is c1ccc2c(c1)c1c(n2-c2ccc(-c3cn4ccccc4n3)cc2)CCCCC1. The van der Waals surface area contributed by atoms with E-state index in [1.807, 2.05) is 24.4 Å². The van der Waals surface area contributed by atoms with E-state index in [0.717, 1.165) is 23.3 Å². The van der Waals surface area contributed by atoms with Crippen LogP contribution in [0.25, 0.3) is 33.5 Å². The van der Waals surface area contributed by atoms with Gasteiger partial charge in [-0.25, -0.2) is 4.98 Å². The molecule has 0 spiro atoms. The first-order chi connectivity index (χ1) is 14.4. The Morgan fingerprint density at radius 1 is 0.759 bits per heavy atom. The lowest BCUT2D eigenvalue weighted by molar-refractivity contribution is 0.704. The molecule has 0 fully saturated rings. The summed E-state index contributed by atoms with van der Waals surface area (Å²) in [5.41, 5.74) is 8.79. The molecule has 0 unspecified atom stereocenters. The maximum absolute atomic E-state index is 4.76. The van der Waals surface area contributed by atoms with Gasteiger partial charge in [0.15, 0.2) is 0 Å². The average Bonchev–Trinajstić information content (AvgIpc) is 3.24. The Morgan fingerprint density at radius 3 is 2.48 bits per heavy atom. The van der Waals surface area contributed by atoms with Gasteiger partial charge in [-0.15, -0.1) is 0 Å². The zero-order chi connectivity index (χ0) is 19.2. The summed E-state index contributed by atoms with van der Waals surface area (Å²) in [7, 11) is 0. The van der Waals surface area contributed by atoms with Gasteiger partial charge >= 0.3 is 0 Å². The Hall–Kier alpha value is -3.33. The molecule has 1 aliphatic carbocycles. The number of hydrogen-bond donors (Lipinski definition) is 0. The van der Waals surface area contributed by atoms with E-state index < -0.39 is 0 Å². The number of benzene rings is 2. The second-order valence-electron chi connectivity index (χ2n) is 7.98. The normalized spacial score (nSPS) is 14.2. The van der Waals surface area contributed by atoms with Crippen LogP contribution in [0.5, 0.6) is 0 Å². The lowest BCUT2D eigenvalue weighted by atomic mass is 10.1. The molecule has 0 N–H and O–H groups in total. The molecule has 0 amide bonds. The highest BCUT2D eigenvalue weighted by atomic mass is 15.0. The Morgan fingerprint density at radius 2 is 1.59 bits per heavy atom. The van der Waals surface area contributed by atoms with Crippen LogP contribution in [0.15, 0.2) is 79.1 Å². The quantitative estimate of drug-likeness (QED) is 0.335. The Labute approximate surface area is 170 Å². The number of nitrogens with zero attached hydrogens (tertiary/aromatic N) is 3. The summed E-state index contributed by atoms with van der Waals surface area (Å²) in [5.74, 6) is 0. The van der Waals surface area contributed by atoms with Crippen LogP contribution < -0.4 is 0 Å². The zero-order valence-corrected chi connectivity index (χ0v) is 16.4. The number of fused-ring (bicyclic) bond motifs is 4. The number of para-hydroxylation sites is 1. The van der Waals surface area contributed by atoms with Gasteiger partial charge in [0, 0.05) is 34.7 Å². The van der Waals surface area contributed by atoms with E-state index in [2.05, 4.69) is 63.7 Å². The van der Waals surface area contributed by atoms with E-state index in [4.69, 9.17) is 4.98 Å². The highest BCUT2D eigenvalue weighted by Crippen LogP contribution is 2.34. The maximum Gasteiger partial charge on any atom is 0.137 e. The van der Waals surface area contributed by atoms with Crippen LogP contribution in [0.3, 0.4) is 0 Å². The van der Waals surface area contributed by atoms with Crippen LogP contribution in [0.2, 0.25) is 0 Å². The first-order valence-corrected chi connectivity index (χ1v) is 10.5. The van der Waals surface area contributed by atoms with Gasteiger partial charge < -0.3 is 8.97 Å². The van der Waals surface area contributed by atoms with E-state index in [1.54, 1.807) is 5.56 Å². The molecule has 0 saturated heterocycles. The Balaban J connectivity index is 1.47. The van der Waals surface area contributed by atoms with Gasteiger partial charge in [-0.1, -0.05) is 42.8 Å². The molecular formula is C26H23N3. The fourth-order valence-electron chi connectivity index (χ4n) is 4.82. The predicted molar refractivity (Wildman–Crippen MR) is 119 cm³/mol. The third kappa shape index (κ3) is 2.69. The van der Waals surface area contributed by atoms with Crippen LogP contribution in [0, 0.1) is 0 Å². The van der Waals surface area contributed by atoms with Crippen molar-refractivity contribution in [2.45, 2.75) is 32.1 Å². The van der Waals surface area contributed by atoms with Gasteiger partial charge in [0.1, 0.15) is 5.65 Å². The first kappa shape index (κ1) is 16.6. The van der Waals surface area contributed by atoms with E-state index in [9.17, 15) is 0 Å². The standard InChI is InChI=1S/C26H23N3/c1-2-8-21-22-9-4-5-11-25(22)29(24(21)10-3-1)20-15-13-19(14-16-20)23-18-28-17-7-6-12-26(28)27-23/h4-7,9,11-18H,1-3,8,10H2. The molecule has 0 bridgehead atoms. The molecule has 0 atom stereocenters. The fourth-order valence-corrected chi connectivity index (χ4v) is 4.82. The Bertz CT molecular complexity index is 1290. The van der Waals surface area contributed by atoms with E-state index in [-0.39, 0.29) is 0 Å². The Kier molecular flexibility index (Phi) is 3.80. The summed E-state index contributed by atoms with van der Waals surface area (Å²) in [6, 6.07) is 23.9. The third-order valence-corrected chi connectivity index (χ3v) is 6.21. The summed E-state index contributed by atoms with van der Waals surface area (Å²) in [6.07, 6.45) is 10.4. The van der Waals surface area contributed by atoms with Crippen molar-refractivity contribution in [2.75, 3.05) is 0 Å². The topological polar surface area (TPSA) is 22.2 Å². The van der Waals surface area contributed by atoms with Crippen LogP contribution in [0.4, 0.5) is 0 Å². The van der Waals surface area contributed by atoms with Crippen LogP contribution in [-0.2, 0) is 12.8 Å². The van der Waals surface area contributed by atoms with E-state index in [0.29, 0.717) is 0 Å². The van der Waals surface area contributed by atoms with Gasteiger partial charge in [0.25, 0.3) is 0 Å². The van der Waals surface area contributed by atoms with Gasteiger partial charge in [-0.3, -0.25) is 0 Å². The van der Waals surface area contributed by atoms with E-state index >= 15 is 0 Å². The molecule has 3 heteroatoms. The zero-order valence-electron chi connectivity index (χ0n) is 16.4. The second-order valence-corrected chi connectivity index (χ2v) is 7.98. The highest BCUT2D eigenvalue weighted by Gasteiger charge is 2.19. The molecule has 3 nitrogen and oxygen atoms in total. The van der Waals surface area contributed by atoms with Crippen molar-refractivity contribution in [1.82, 2.24) is 14.0 Å². The van der Waals surface area contributed by atoms with Crippen molar-refractivity contribution in [2.24, 2.45) is 0 Å². The molecule has 29 heavy (non-hydrogen) atoms. The molecule has 0 aliphatic heterocycles. The molecule has 3 aromatic heterocycles. The monoisotopic (exact) mass is 377 g/mol. The smallest absolute Gasteiger partial charge is 0.137 e. The molecule has 2 aromatic carbocycles. The van der Waals surface area contributed by atoms with Gasteiger partial charge in [0.05, 0.1) is 11.2 Å². The summed E-state index contributed by atoms with van der Waals surface area (Å²) in [5, 5.41) is 1.42. The largest absolute Gasteiger partial charge is 0.313 e. The van der Waals surface area contributed by atoms with Gasteiger partial charge in [0.2, 0.25) is 0 Å². The number of rotatable bonds is 2. The van der Waals surface area contributed by atoms with Crippen molar-refractivity contribution in [3.63, 3.8) is 0 Å².